The Hall–Kier alpha value is -3.10. The fraction of sp³-hybridized carbons (Fsp3) is 0.211. The molecule has 0 radical (unpaired) electrons. The number of carbonyl (C=O) groups is 1. The van der Waals surface area contributed by atoms with E-state index in [0.717, 1.165) is 6.07 Å². The summed E-state index contributed by atoms with van der Waals surface area (Å²) in [5.41, 5.74) is 0.883. The summed E-state index contributed by atoms with van der Waals surface area (Å²) in [4.78, 5) is 15.1. The number of anilines is 1. The lowest BCUT2D eigenvalue weighted by molar-refractivity contribution is -0.136. The molecule has 148 valence electrons. The van der Waals surface area contributed by atoms with Gasteiger partial charge in [0, 0.05) is 23.6 Å². The Bertz CT molecular complexity index is 998. The lowest BCUT2D eigenvalue weighted by atomic mass is 10.2. The van der Waals surface area contributed by atoms with Crippen LogP contribution in [0.4, 0.5) is 27.6 Å². The number of halogens is 5. The number of carbonyl (C=O) groups excluding carboxylic acids is 1. The van der Waals surface area contributed by atoms with E-state index < -0.39 is 30.1 Å². The maximum Gasteiger partial charge on any atom is 0.389 e. The molecule has 0 aliphatic heterocycles. The molecule has 0 fully saturated rings. The number of aromatic amines is 1. The first-order valence-corrected chi connectivity index (χ1v) is 8.30. The van der Waals surface area contributed by atoms with Gasteiger partial charge in [-0.1, -0.05) is 0 Å². The standard InChI is InChI=1S/C19H15F5N2O2/c20-12-3-4-13-15(9-12)25-10-16(13)26-18(27)11-2-5-17(14(21)8-11)28-7-1-6-19(22,23)24/h2-5,8-10,25H,1,6-7H2,(H,26,27). The van der Waals surface area contributed by atoms with Gasteiger partial charge in [-0.05, 0) is 42.8 Å². The first kappa shape index (κ1) is 19.7. The van der Waals surface area contributed by atoms with Crippen molar-refractivity contribution in [3.8, 4) is 5.75 Å². The van der Waals surface area contributed by atoms with Crippen LogP contribution in [0.1, 0.15) is 23.2 Å². The Labute approximate surface area is 156 Å². The number of aromatic nitrogens is 1. The maximum absolute atomic E-state index is 14.1. The molecule has 2 aromatic carbocycles. The van der Waals surface area contributed by atoms with Crippen molar-refractivity contribution in [3.63, 3.8) is 0 Å². The SMILES string of the molecule is O=C(Nc1c[nH]c2cc(F)ccc12)c1ccc(OCCCC(F)(F)F)c(F)c1. The molecule has 0 bridgehead atoms. The first-order valence-electron chi connectivity index (χ1n) is 8.30. The van der Waals surface area contributed by atoms with Gasteiger partial charge < -0.3 is 15.0 Å². The largest absolute Gasteiger partial charge is 0.491 e. The molecule has 0 saturated carbocycles. The smallest absolute Gasteiger partial charge is 0.389 e. The Morgan fingerprint density at radius 1 is 1.11 bits per heavy atom. The summed E-state index contributed by atoms with van der Waals surface area (Å²) in [7, 11) is 0. The van der Waals surface area contributed by atoms with Gasteiger partial charge in [-0.25, -0.2) is 8.78 Å². The highest BCUT2D eigenvalue weighted by atomic mass is 19.4. The third-order valence-electron chi connectivity index (χ3n) is 3.95. The first-order chi connectivity index (χ1) is 13.2. The van der Waals surface area contributed by atoms with Crippen molar-refractivity contribution in [1.29, 1.82) is 0 Å². The number of fused-ring (bicyclic) bond motifs is 1. The molecule has 1 aromatic heterocycles. The van der Waals surface area contributed by atoms with Gasteiger partial charge in [0.1, 0.15) is 5.82 Å². The number of ether oxygens (including phenoxy) is 1. The second kappa shape index (κ2) is 7.87. The molecule has 3 rings (SSSR count). The van der Waals surface area contributed by atoms with Crippen LogP contribution >= 0.6 is 0 Å². The third-order valence-corrected chi connectivity index (χ3v) is 3.95. The van der Waals surface area contributed by atoms with Crippen LogP contribution in [-0.2, 0) is 0 Å². The average molecular weight is 398 g/mol. The molecule has 0 aliphatic carbocycles. The van der Waals surface area contributed by atoms with Gasteiger partial charge >= 0.3 is 6.18 Å². The number of rotatable bonds is 6. The van der Waals surface area contributed by atoms with Gasteiger partial charge in [-0.3, -0.25) is 4.79 Å². The van der Waals surface area contributed by atoms with Crippen LogP contribution in [0.2, 0.25) is 0 Å². The van der Waals surface area contributed by atoms with Gasteiger partial charge in [-0.15, -0.1) is 0 Å². The van der Waals surface area contributed by atoms with Crippen molar-refractivity contribution < 1.29 is 31.5 Å². The van der Waals surface area contributed by atoms with Crippen LogP contribution in [0.3, 0.4) is 0 Å². The molecule has 4 nitrogen and oxygen atoms in total. The molecule has 3 aromatic rings. The number of benzene rings is 2. The van der Waals surface area contributed by atoms with E-state index in [0.29, 0.717) is 16.6 Å². The van der Waals surface area contributed by atoms with Crippen molar-refractivity contribution in [2.24, 2.45) is 0 Å². The van der Waals surface area contributed by atoms with Crippen molar-refractivity contribution >= 4 is 22.5 Å². The van der Waals surface area contributed by atoms with Gasteiger partial charge in [0.05, 0.1) is 17.8 Å². The summed E-state index contributed by atoms with van der Waals surface area (Å²) in [5, 5.41) is 3.17. The molecular formula is C19H15F5N2O2. The molecule has 1 heterocycles. The average Bonchev–Trinajstić information content (AvgIpc) is 3.00. The summed E-state index contributed by atoms with van der Waals surface area (Å²) in [6, 6.07) is 7.43. The fourth-order valence-electron chi connectivity index (χ4n) is 2.61. The molecule has 0 atom stereocenters. The van der Waals surface area contributed by atoms with E-state index in [4.69, 9.17) is 4.74 Å². The number of hydrogen-bond acceptors (Lipinski definition) is 2. The highest BCUT2D eigenvalue weighted by Gasteiger charge is 2.26. The number of H-pyrrole nitrogens is 1. The maximum atomic E-state index is 14.1. The molecule has 2 N–H and O–H groups in total. The minimum absolute atomic E-state index is 0.00315. The van der Waals surface area contributed by atoms with Crippen LogP contribution in [0.15, 0.2) is 42.6 Å². The zero-order chi connectivity index (χ0) is 20.3. The zero-order valence-electron chi connectivity index (χ0n) is 14.4. The Balaban J connectivity index is 1.64. The second-order valence-electron chi connectivity index (χ2n) is 6.06. The van der Waals surface area contributed by atoms with E-state index in [-0.39, 0.29) is 24.3 Å². The van der Waals surface area contributed by atoms with Crippen LogP contribution in [0, 0.1) is 11.6 Å². The minimum atomic E-state index is -4.29. The normalized spacial score (nSPS) is 11.6. The molecule has 0 unspecified atom stereocenters. The summed E-state index contributed by atoms with van der Waals surface area (Å²) < 4.78 is 68.5. The van der Waals surface area contributed by atoms with Crippen LogP contribution in [0.25, 0.3) is 10.9 Å². The minimum Gasteiger partial charge on any atom is -0.491 e. The van der Waals surface area contributed by atoms with Gasteiger partial charge in [0.2, 0.25) is 0 Å². The highest BCUT2D eigenvalue weighted by Crippen LogP contribution is 2.26. The topological polar surface area (TPSA) is 54.1 Å². The number of alkyl halides is 3. The second-order valence-corrected chi connectivity index (χ2v) is 6.06. The molecular weight excluding hydrogens is 383 g/mol. The zero-order valence-corrected chi connectivity index (χ0v) is 14.4. The molecule has 0 saturated heterocycles. The predicted molar refractivity (Wildman–Crippen MR) is 93.4 cm³/mol. The highest BCUT2D eigenvalue weighted by molar-refractivity contribution is 6.09. The third kappa shape index (κ3) is 4.79. The van der Waals surface area contributed by atoms with E-state index >= 15 is 0 Å². The quantitative estimate of drug-likeness (QED) is 0.430. The predicted octanol–water partition coefficient (Wildman–Crippen LogP) is 5.42. The fourth-order valence-corrected chi connectivity index (χ4v) is 2.61. The van der Waals surface area contributed by atoms with Crippen molar-refractivity contribution in [3.05, 3.63) is 59.8 Å². The van der Waals surface area contributed by atoms with Crippen molar-refractivity contribution in [2.75, 3.05) is 11.9 Å². The molecule has 1 amide bonds. The Kier molecular flexibility index (Phi) is 5.53. The number of hydrogen-bond donors (Lipinski definition) is 2. The Morgan fingerprint density at radius 3 is 2.61 bits per heavy atom. The van der Waals surface area contributed by atoms with Crippen molar-refractivity contribution in [1.82, 2.24) is 4.98 Å². The lowest BCUT2D eigenvalue weighted by Gasteiger charge is -2.10. The molecule has 9 heteroatoms. The van der Waals surface area contributed by atoms with E-state index in [9.17, 15) is 26.7 Å². The molecule has 0 aliphatic rings. The van der Waals surface area contributed by atoms with Crippen molar-refractivity contribution in [2.45, 2.75) is 19.0 Å². The number of amides is 1. The monoisotopic (exact) mass is 398 g/mol. The summed E-state index contributed by atoms with van der Waals surface area (Å²) in [5.74, 6) is -2.13. The van der Waals surface area contributed by atoms with Crippen LogP contribution in [-0.4, -0.2) is 23.7 Å². The summed E-state index contributed by atoms with van der Waals surface area (Å²) in [6.07, 6.45) is -4.13. The summed E-state index contributed by atoms with van der Waals surface area (Å²) in [6.45, 7) is -0.298. The van der Waals surface area contributed by atoms with Gasteiger partial charge in [0.15, 0.2) is 11.6 Å². The van der Waals surface area contributed by atoms with Gasteiger partial charge in [0.25, 0.3) is 5.91 Å². The van der Waals surface area contributed by atoms with E-state index in [1.165, 1.54) is 36.5 Å². The lowest BCUT2D eigenvalue weighted by Crippen LogP contribution is -2.12. The van der Waals surface area contributed by atoms with Gasteiger partial charge in [-0.2, -0.15) is 13.2 Å². The van der Waals surface area contributed by atoms with E-state index in [1.807, 2.05) is 0 Å². The van der Waals surface area contributed by atoms with E-state index in [2.05, 4.69) is 10.3 Å². The number of nitrogens with one attached hydrogen (secondary N) is 2. The van der Waals surface area contributed by atoms with E-state index in [1.54, 1.807) is 0 Å². The van der Waals surface area contributed by atoms with Crippen LogP contribution in [0.5, 0.6) is 5.75 Å². The molecule has 28 heavy (non-hydrogen) atoms. The Morgan fingerprint density at radius 2 is 1.89 bits per heavy atom. The molecule has 0 spiro atoms. The van der Waals surface area contributed by atoms with Crippen LogP contribution < -0.4 is 10.1 Å². The summed E-state index contributed by atoms with van der Waals surface area (Å²) >= 11 is 0.